The zero-order valence-corrected chi connectivity index (χ0v) is 20.7. The molecule has 2 atom stereocenters. The predicted octanol–water partition coefficient (Wildman–Crippen LogP) is 3.35. The van der Waals surface area contributed by atoms with E-state index in [4.69, 9.17) is 5.73 Å². The zero-order valence-electron chi connectivity index (χ0n) is 17.5. The van der Waals surface area contributed by atoms with Crippen molar-refractivity contribution in [1.82, 2.24) is 0 Å². The number of hydrogen-bond acceptors (Lipinski definition) is 11. The van der Waals surface area contributed by atoms with Crippen LogP contribution in [0.4, 0.5) is 17.1 Å². The summed E-state index contributed by atoms with van der Waals surface area (Å²) in [6.07, 6.45) is 0. The van der Waals surface area contributed by atoms with Crippen molar-refractivity contribution in [2.75, 3.05) is 28.6 Å². The minimum Gasteiger partial charge on any atom is -0.397 e. The van der Waals surface area contributed by atoms with Gasteiger partial charge in [-0.1, -0.05) is 23.5 Å². The fraction of sp³-hybridized carbons (Fsp3) is 0.333. The highest BCUT2D eigenvalue weighted by Gasteiger charge is 2.35. The topological polar surface area (TPSA) is 166 Å². The number of rotatable bonds is 6. The molecule has 2 aromatic carbocycles. The summed E-state index contributed by atoms with van der Waals surface area (Å²) in [6.45, 7) is 4.97. The molecule has 178 valence electrons. The lowest BCUT2D eigenvalue weighted by Crippen LogP contribution is -2.30. The van der Waals surface area contributed by atoms with Crippen LogP contribution >= 0.6 is 23.5 Å². The molecule has 0 aliphatic carbocycles. The molecule has 0 fully saturated rings. The summed E-state index contributed by atoms with van der Waals surface area (Å²) in [6, 6.07) is 6.95. The Balaban J connectivity index is 1.61. The quantitative estimate of drug-likeness (QED) is 0.284. The van der Waals surface area contributed by atoms with Crippen LogP contribution in [0, 0.1) is 0 Å². The molecule has 33 heavy (non-hydrogen) atoms. The third kappa shape index (κ3) is 4.52. The Morgan fingerprint density at radius 1 is 0.879 bits per heavy atom. The summed E-state index contributed by atoms with van der Waals surface area (Å²) < 4.78 is 64.8. The summed E-state index contributed by atoms with van der Waals surface area (Å²) in [5, 5.41) is 8.95. The standard InChI is InChI=1S/C18H21N5O6S4/c1-3-22-13-6-5-10(32(24,25)26)8-14(13)30-17(22)20-21-18-23(4-2)16-12(19)7-11(33(27,28)29)9-15(16)31-18/h5-9,17-18H,3-4,19H2,1-2H3,(H,24,25,26)(H,27,28,29). The van der Waals surface area contributed by atoms with Gasteiger partial charge in [0.1, 0.15) is 0 Å². The maximum absolute atomic E-state index is 11.6. The molecule has 15 heteroatoms. The van der Waals surface area contributed by atoms with Crippen LogP contribution in [0.3, 0.4) is 0 Å². The van der Waals surface area contributed by atoms with Gasteiger partial charge in [0.05, 0.1) is 26.9 Å². The minimum absolute atomic E-state index is 0.188. The molecular weight excluding hydrogens is 510 g/mol. The number of anilines is 3. The van der Waals surface area contributed by atoms with Gasteiger partial charge in [-0.2, -0.15) is 27.1 Å². The van der Waals surface area contributed by atoms with E-state index in [1.54, 1.807) is 6.07 Å². The fourth-order valence-corrected chi connectivity index (χ4v) is 7.32. The Morgan fingerprint density at radius 3 is 2.00 bits per heavy atom. The van der Waals surface area contributed by atoms with Gasteiger partial charge in [-0.15, -0.1) is 0 Å². The Labute approximate surface area is 199 Å². The highest BCUT2D eigenvalue weighted by atomic mass is 32.2. The molecular formula is C18H21N5O6S4. The average molecular weight is 532 g/mol. The first-order chi connectivity index (χ1) is 15.4. The SMILES string of the molecule is CCN1c2ccc(S(=O)(=O)O)cc2SC1N=NC1Sc2cc(S(=O)(=O)O)cc(N)c2N1CC. The van der Waals surface area contributed by atoms with Crippen LogP contribution in [-0.4, -0.2) is 50.0 Å². The van der Waals surface area contributed by atoms with Crippen molar-refractivity contribution >= 4 is 60.8 Å². The summed E-state index contributed by atoms with van der Waals surface area (Å²) >= 11 is 2.57. The normalized spacial score (nSPS) is 20.5. The summed E-state index contributed by atoms with van der Waals surface area (Å²) in [5.74, 6) is 0. The third-order valence-corrected chi connectivity index (χ3v) is 9.09. The van der Waals surface area contributed by atoms with Gasteiger partial charge >= 0.3 is 0 Å². The van der Waals surface area contributed by atoms with Gasteiger partial charge in [0, 0.05) is 22.9 Å². The molecule has 0 spiro atoms. The van der Waals surface area contributed by atoms with Crippen molar-refractivity contribution in [1.29, 1.82) is 0 Å². The van der Waals surface area contributed by atoms with Gasteiger partial charge in [-0.3, -0.25) is 9.11 Å². The Kier molecular flexibility index (Phi) is 6.30. The zero-order chi connectivity index (χ0) is 24.1. The fourth-order valence-electron chi connectivity index (χ4n) is 3.65. The molecule has 2 aromatic rings. The molecule has 0 amide bonds. The smallest absolute Gasteiger partial charge is 0.294 e. The third-order valence-electron chi connectivity index (χ3n) is 5.15. The second kappa shape index (κ2) is 8.63. The van der Waals surface area contributed by atoms with Crippen molar-refractivity contribution < 1.29 is 25.9 Å². The van der Waals surface area contributed by atoms with Crippen LogP contribution in [-0.2, 0) is 20.2 Å². The Morgan fingerprint density at radius 2 is 1.42 bits per heavy atom. The first-order valence-corrected chi connectivity index (χ1v) is 14.4. The molecule has 0 aromatic heterocycles. The lowest BCUT2D eigenvalue weighted by molar-refractivity contribution is 0.480. The molecule has 0 radical (unpaired) electrons. The first kappa shape index (κ1) is 24.1. The maximum atomic E-state index is 11.6. The lowest BCUT2D eigenvalue weighted by atomic mass is 10.2. The van der Waals surface area contributed by atoms with E-state index in [1.807, 2.05) is 23.6 Å². The van der Waals surface area contributed by atoms with E-state index in [1.165, 1.54) is 47.8 Å². The number of nitrogens with zero attached hydrogens (tertiary/aromatic N) is 4. The molecule has 2 heterocycles. The molecule has 0 saturated heterocycles. The average Bonchev–Trinajstić information content (AvgIpc) is 3.27. The molecule has 2 aliphatic heterocycles. The Hall–Kier alpha value is -2.04. The monoisotopic (exact) mass is 531 g/mol. The largest absolute Gasteiger partial charge is 0.397 e. The van der Waals surface area contributed by atoms with E-state index < -0.39 is 31.2 Å². The van der Waals surface area contributed by atoms with E-state index in [-0.39, 0.29) is 15.5 Å². The highest BCUT2D eigenvalue weighted by Crippen LogP contribution is 2.49. The van der Waals surface area contributed by atoms with E-state index in [2.05, 4.69) is 10.2 Å². The van der Waals surface area contributed by atoms with Crippen LogP contribution in [0.1, 0.15) is 13.8 Å². The van der Waals surface area contributed by atoms with Crippen molar-refractivity contribution in [3.63, 3.8) is 0 Å². The molecule has 11 nitrogen and oxygen atoms in total. The number of hydrogen-bond donors (Lipinski definition) is 3. The van der Waals surface area contributed by atoms with Crippen molar-refractivity contribution in [2.45, 2.75) is 44.4 Å². The van der Waals surface area contributed by atoms with E-state index in [9.17, 15) is 25.9 Å². The first-order valence-electron chi connectivity index (χ1n) is 9.73. The van der Waals surface area contributed by atoms with Gasteiger partial charge in [-0.25, -0.2) is 0 Å². The lowest BCUT2D eigenvalue weighted by Gasteiger charge is -2.24. The van der Waals surface area contributed by atoms with Crippen molar-refractivity contribution in [3.05, 3.63) is 30.3 Å². The molecule has 0 bridgehead atoms. The summed E-state index contributed by atoms with van der Waals surface area (Å²) in [5.41, 5.74) is 6.76. The van der Waals surface area contributed by atoms with Crippen molar-refractivity contribution in [3.8, 4) is 0 Å². The molecule has 2 unspecified atom stereocenters. The van der Waals surface area contributed by atoms with Crippen LogP contribution in [0.15, 0.2) is 60.1 Å². The van der Waals surface area contributed by atoms with E-state index in [0.717, 1.165) is 5.69 Å². The number of nitrogen functional groups attached to an aromatic ring is 1. The minimum atomic E-state index is -4.41. The van der Waals surface area contributed by atoms with Gasteiger partial charge in [0.15, 0.2) is 11.0 Å². The van der Waals surface area contributed by atoms with E-state index in [0.29, 0.717) is 28.6 Å². The summed E-state index contributed by atoms with van der Waals surface area (Å²) in [7, 11) is -8.73. The second-order valence-corrected chi connectivity index (χ2v) is 12.2. The Bertz CT molecular complexity index is 1350. The number of nitrogens with two attached hydrogens (primary N) is 1. The molecule has 4 rings (SSSR count). The predicted molar refractivity (Wildman–Crippen MR) is 127 cm³/mol. The molecule has 4 N–H and O–H groups in total. The van der Waals surface area contributed by atoms with Crippen LogP contribution in [0.5, 0.6) is 0 Å². The number of azo groups is 1. The van der Waals surface area contributed by atoms with Gasteiger partial charge in [0.2, 0.25) is 0 Å². The highest BCUT2D eigenvalue weighted by molar-refractivity contribution is 8.00. The number of thioether (sulfide) groups is 2. The van der Waals surface area contributed by atoms with Crippen LogP contribution < -0.4 is 15.5 Å². The van der Waals surface area contributed by atoms with Gasteiger partial charge in [-0.05, 0) is 44.2 Å². The molecule has 2 aliphatic rings. The number of benzene rings is 2. The van der Waals surface area contributed by atoms with Crippen LogP contribution in [0.2, 0.25) is 0 Å². The molecule has 0 saturated carbocycles. The van der Waals surface area contributed by atoms with E-state index >= 15 is 0 Å². The van der Waals surface area contributed by atoms with Gasteiger partial charge < -0.3 is 15.5 Å². The summed E-state index contributed by atoms with van der Waals surface area (Å²) in [4.78, 5) is 4.59. The van der Waals surface area contributed by atoms with Crippen LogP contribution in [0.25, 0.3) is 0 Å². The second-order valence-electron chi connectivity index (χ2n) is 7.13. The number of fused-ring (bicyclic) bond motifs is 2. The van der Waals surface area contributed by atoms with Gasteiger partial charge in [0.25, 0.3) is 20.2 Å². The maximum Gasteiger partial charge on any atom is 0.294 e. The van der Waals surface area contributed by atoms with Crippen molar-refractivity contribution in [2.24, 2.45) is 10.2 Å².